The second-order valence-corrected chi connectivity index (χ2v) is 10.5. The van der Waals surface area contributed by atoms with E-state index >= 15 is 0 Å². The molecule has 31 heavy (non-hydrogen) atoms. The maximum absolute atomic E-state index is 12.5. The first kappa shape index (κ1) is 22.2. The molecule has 0 unspecified atom stereocenters. The Hall–Kier alpha value is -2.01. The van der Waals surface area contributed by atoms with Crippen LogP contribution in [-0.2, 0) is 14.4 Å². The second-order valence-electron chi connectivity index (χ2n) is 7.84. The summed E-state index contributed by atoms with van der Waals surface area (Å²) in [6.07, 6.45) is 0.528. The fraction of sp³-hybridized carbons (Fsp3) is 0.476. The number of para-hydroxylation sites is 1. The van der Waals surface area contributed by atoms with Crippen LogP contribution in [0, 0.1) is 5.92 Å². The number of hydrogen-bond acceptors (Lipinski definition) is 7. The van der Waals surface area contributed by atoms with Crippen LogP contribution in [0.4, 0.5) is 5.69 Å². The van der Waals surface area contributed by atoms with Crippen LogP contribution in [-0.4, -0.2) is 74.2 Å². The monoisotopic (exact) mass is 463 g/mol. The third kappa shape index (κ3) is 4.48. The zero-order chi connectivity index (χ0) is 22.1. The van der Waals surface area contributed by atoms with E-state index < -0.39 is 18.0 Å². The number of carboxylic acid groups (broad SMARTS) is 1. The molecule has 3 aliphatic rings. The van der Waals surface area contributed by atoms with Gasteiger partial charge in [-0.15, -0.1) is 11.8 Å². The Bertz CT molecular complexity index is 910. The van der Waals surface area contributed by atoms with Crippen LogP contribution in [0.15, 0.2) is 40.3 Å². The largest absolute Gasteiger partial charge is 0.477 e. The number of anilines is 1. The molecule has 3 N–H and O–H groups in total. The average Bonchev–Trinajstić information content (AvgIpc) is 3.31. The Morgan fingerprint density at radius 3 is 2.74 bits per heavy atom. The standard InChI is InChI=1S/C21H25N3O5S2/c1-2-14(25)16-18(27)24-17(20(28)29)21(31-19(16)24)30-13-8-9-23(10-13)11-15(26)22-12-6-4-3-5-7-12/h3-7,13-14,16,19,25H,2,8-11H2,1H3,(H,22,26)(H,28,29)/t13-,14-,16+,19+/m0/s1. The summed E-state index contributed by atoms with van der Waals surface area (Å²) in [5, 5.41) is 22.5. The number of aliphatic carboxylic acids is 1. The molecule has 0 bridgehead atoms. The van der Waals surface area contributed by atoms with Crippen LogP contribution in [0.2, 0.25) is 0 Å². The van der Waals surface area contributed by atoms with Crippen molar-refractivity contribution < 1.29 is 24.6 Å². The Morgan fingerprint density at radius 1 is 1.32 bits per heavy atom. The molecular weight excluding hydrogens is 438 g/mol. The lowest BCUT2D eigenvalue weighted by Crippen LogP contribution is -2.61. The van der Waals surface area contributed by atoms with Gasteiger partial charge in [-0.2, -0.15) is 0 Å². The van der Waals surface area contributed by atoms with Crippen molar-refractivity contribution >= 4 is 47.0 Å². The van der Waals surface area contributed by atoms with Gasteiger partial charge in [-0.05, 0) is 31.5 Å². The first-order chi connectivity index (χ1) is 14.9. The molecule has 10 heteroatoms. The molecular formula is C21H25N3O5S2. The van der Waals surface area contributed by atoms with E-state index in [1.165, 1.54) is 28.4 Å². The van der Waals surface area contributed by atoms with Crippen molar-refractivity contribution in [3.8, 4) is 0 Å². The quantitative estimate of drug-likeness (QED) is 0.502. The van der Waals surface area contributed by atoms with E-state index in [1.54, 1.807) is 0 Å². The van der Waals surface area contributed by atoms with E-state index in [-0.39, 0.29) is 34.7 Å². The van der Waals surface area contributed by atoms with E-state index in [2.05, 4.69) is 10.2 Å². The minimum absolute atomic E-state index is 0.0322. The van der Waals surface area contributed by atoms with Gasteiger partial charge in [-0.1, -0.05) is 36.9 Å². The van der Waals surface area contributed by atoms with E-state index in [0.717, 1.165) is 18.7 Å². The maximum atomic E-state index is 12.5. The van der Waals surface area contributed by atoms with E-state index in [4.69, 9.17) is 0 Å². The molecule has 1 aromatic carbocycles. The van der Waals surface area contributed by atoms with Crippen LogP contribution in [0.5, 0.6) is 0 Å². The predicted octanol–water partition coefficient (Wildman–Crippen LogP) is 1.99. The van der Waals surface area contributed by atoms with Crippen LogP contribution in [0.3, 0.4) is 0 Å². The lowest BCUT2D eigenvalue weighted by Gasteiger charge is -2.44. The summed E-state index contributed by atoms with van der Waals surface area (Å²) >= 11 is 2.84. The van der Waals surface area contributed by atoms with Gasteiger partial charge in [0, 0.05) is 17.5 Å². The number of aliphatic hydroxyl groups is 1. The number of rotatable bonds is 8. The highest BCUT2D eigenvalue weighted by atomic mass is 32.2. The molecule has 2 amide bonds. The molecule has 4 atom stereocenters. The van der Waals surface area contributed by atoms with Gasteiger partial charge >= 0.3 is 5.97 Å². The molecule has 2 fully saturated rings. The summed E-state index contributed by atoms with van der Waals surface area (Å²) in [4.78, 5) is 40.0. The van der Waals surface area contributed by atoms with Crippen LogP contribution >= 0.6 is 23.5 Å². The maximum Gasteiger partial charge on any atom is 0.354 e. The lowest BCUT2D eigenvalue weighted by molar-refractivity contribution is -0.157. The number of carbonyl (C=O) groups excluding carboxylic acids is 2. The topological polar surface area (TPSA) is 110 Å². The summed E-state index contributed by atoms with van der Waals surface area (Å²) in [5.41, 5.74) is 0.791. The number of fused-ring (bicyclic) bond motifs is 1. The van der Waals surface area contributed by atoms with Gasteiger partial charge in [-0.3, -0.25) is 19.4 Å². The Balaban J connectivity index is 1.35. The Labute approximate surface area is 189 Å². The number of carboxylic acids is 1. The highest BCUT2D eigenvalue weighted by molar-refractivity contribution is 8.23. The molecule has 3 aliphatic heterocycles. The summed E-state index contributed by atoms with van der Waals surface area (Å²) in [6.45, 7) is 3.51. The molecule has 166 valence electrons. The van der Waals surface area contributed by atoms with Gasteiger partial charge in [0.15, 0.2) is 5.70 Å². The van der Waals surface area contributed by atoms with Crippen molar-refractivity contribution in [3.05, 3.63) is 40.3 Å². The average molecular weight is 464 g/mol. The number of β-lactam (4-membered cyclic amide) rings is 1. The molecule has 0 saturated carbocycles. The molecule has 4 rings (SSSR count). The van der Waals surface area contributed by atoms with Crippen LogP contribution in [0.25, 0.3) is 0 Å². The van der Waals surface area contributed by atoms with Crippen molar-refractivity contribution in [2.75, 3.05) is 25.0 Å². The lowest BCUT2D eigenvalue weighted by atomic mass is 9.90. The molecule has 0 spiro atoms. The third-order valence-corrected chi connectivity index (χ3v) is 8.57. The van der Waals surface area contributed by atoms with E-state index in [9.17, 15) is 24.6 Å². The smallest absolute Gasteiger partial charge is 0.354 e. The van der Waals surface area contributed by atoms with Gasteiger partial charge in [0.1, 0.15) is 5.37 Å². The number of aliphatic hydroxyl groups excluding tert-OH is 1. The fourth-order valence-electron chi connectivity index (χ4n) is 4.11. The molecule has 8 nitrogen and oxygen atoms in total. The number of nitrogens with one attached hydrogen (secondary N) is 1. The van der Waals surface area contributed by atoms with Crippen LogP contribution < -0.4 is 5.32 Å². The van der Waals surface area contributed by atoms with E-state index in [1.807, 2.05) is 37.3 Å². The third-order valence-electron chi connectivity index (χ3n) is 5.71. The van der Waals surface area contributed by atoms with Gasteiger partial charge in [0.2, 0.25) is 11.8 Å². The fourth-order valence-corrected chi connectivity index (χ4v) is 7.42. The normalized spacial score (nSPS) is 26.6. The number of benzene rings is 1. The van der Waals surface area contributed by atoms with Crippen molar-refractivity contribution in [1.82, 2.24) is 9.80 Å². The van der Waals surface area contributed by atoms with Crippen molar-refractivity contribution in [3.63, 3.8) is 0 Å². The van der Waals surface area contributed by atoms with Crippen molar-refractivity contribution in [2.24, 2.45) is 5.92 Å². The van der Waals surface area contributed by atoms with E-state index in [0.29, 0.717) is 17.2 Å². The van der Waals surface area contributed by atoms with Gasteiger partial charge in [0.25, 0.3) is 0 Å². The highest BCUT2D eigenvalue weighted by Crippen LogP contribution is 2.55. The highest BCUT2D eigenvalue weighted by Gasteiger charge is 2.58. The number of carbonyl (C=O) groups is 3. The zero-order valence-electron chi connectivity index (χ0n) is 17.1. The molecule has 0 radical (unpaired) electrons. The molecule has 3 heterocycles. The van der Waals surface area contributed by atoms with Gasteiger partial charge in [0.05, 0.1) is 22.8 Å². The van der Waals surface area contributed by atoms with Crippen LogP contribution in [0.1, 0.15) is 19.8 Å². The van der Waals surface area contributed by atoms with Gasteiger partial charge < -0.3 is 15.5 Å². The van der Waals surface area contributed by atoms with Crippen molar-refractivity contribution in [2.45, 2.75) is 36.5 Å². The van der Waals surface area contributed by atoms with Gasteiger partial charge in [-0.25, -0.2) is 4.79 Å². The summed E-state index contributed by atoms with van der Waals surface area (Å²) in [5.74, 6) is -2.06. The molecule has 1 aromatic rings. The zero-order valence-corrected chi connectivity index (χ0v) is 18.7. The predicted molar refractivity (Wildman–Crippen MR) is 120 cm³/mol. The Kier molecular flexibility index (Phi) is 6.61. The molecule has 2 saturated heterocycles. The first-order valence-electron chi connectivity index (χ1n) is 10.3. The SMILES string of the molecule is CC[C@H](O)[C@@H]1C(=O)N2C(C(=O)O)=C(S[C@H]3CCN(CC(=O)Nc4ccccc4)C3)S[C@H]12. The molecule has 0 aliphatic carbocycles. The number of likely N-dealkylation sites (tertiary alicyclic amines) is 1. The first-order valence-corrected chi connectivity index (χ1v) is 12.0. The summed E-state index contributed by atoms with van der Waals surface area (Å²) in [6, 6.07) is 9.30. The summed E-state index contributed by atoms with van der Waals surface area (Å²) < 4.78 is 0.622. The van der Waals surface area contributed by atoms with Crippen molar-refractivity contribution in [1.29, 1.82) is 0 Å². The Morgan fingerprint density at radius 2 is 2.06 bits per heavy atom. The molecule has 0 aromatic heterocycles. The number of nitrogens with zero attached hydrogens (tertiary/aromatic N) is 2. The second kappa shape index (κ2) is 9.23. The summed E-state index contributed by atoms with van der Waals surface area (Å²) in [7, 11) is 0. The number of hydrogen-bond donors (Lipinski definition) is 3. The number of amides is 2. The minimum Gasteiger partial charge on any atom is -0.477 e. The number of thioether (sulfide) groups is 2. The minimum atomic E-state index is -1.12.